The van der Waals surface area contributed by atoms with E-state index in [1.54, 1.807) is 7.11 Å². The number of anilines is 1. The highest BCUT2D eigenvalue weighted by molar-refractivity contribution is 7.80. The highest BCUT2D eigenvalue weighted by Gasteiger charge is 2.11. The zero-order valence-corrected chi connectivity index (χ0v) is 15.8. The fourth-order valence-electron chi connectivity index (χ4n) is 2.65. The first-order chi connectivity index (χ1) is 11.5. The van der Waals surface area contributed by atoms with Crippen LogP contribution in [0.4, 0.5) is 5.69 Å². The molecule has 0 aliphatic carbocycles. The Hall–Kier alpha value is -2.07. The second-order valence-electron chi connectivity index (χ2n) is 5.90. The topological polar surface area (TPSA) is 30.5 Å². The summed E-state index contributed by atoms with van der Waals surface area (Å²) in [5.41, 5.74) is 6.94. The summed E-state index contributed by atoms with van der Waals surface area (Å²) in [6, 6.07) is 10.4. The van der Waals surface area contributed by atoms with Crippen LogP contribution in [0.3, 0.4) is 0 Å². The van der Waals surface area contributed by atoms with Crippen molar-refractivity contribution in [3.63, 3.8) is 0 Å². The van der Waals surface area contributed by atoms with E-state index in [2.05, 4.69) is 51.2 Å². The second-order valence-corrected chi connectivity index (χ2v) is 6.27. The molecule has 0 saturated heterocycles. The summed E-state index contributed by atoms with van der Waals surface area (Å²) < 4.78 is 11.2. The lowest BCUT2D eigenvalue weighted by molar-refractivity contribution is 0.303. The molecule has 128 valence electrons. The number of hydrogen-bond acceptors (Lipinski definition) is 3. The zero-order valence-electron chi connectivity index (χ0n) is 15.0. The molecule has 24 heavy (non-hydrogen) atoms. The van der Waals surface area contributed by atoms with Crippen molar-refractivity contribution in [1.29, 1.82) is 0 Å². The van der Waals surface area contributed by atoms with Gasteiger partial charge in [0.2, 0.25) is 0 Å². The number of rotatable bonds is 5. The van der Waals surface area contributed by atoms with Gasteiger partial charge in [0.05, 0.1) is 7.11 Å². The number of benzene rings is 2. The lowest BCUT2D eigenvalue weighted by atomic mass is 10.0. The number of hydrogen-bond donors (Lipinski definition) is 1. The molecule has 0 heterocycles. The molecule has 2 rings (SSSR count). The molecule has 0 aliphatic heterocycles. The summed E-state index contributed by atoms with van der Waals surface area (Å²) in [6.45, 7) is 8.92. The molecule has 4 heteroatoms. The van der Waals surface area contributed by atoms with Crippen molar-refractivity contribution in [3.05, 3.63) is 58.1 Å². The molecule has 0 unspecified atom stereocenters. The molecule has 0 radical (unpaired) electrons. The summed E-state index contributed by atoms with van der Waals surface area (Å²) in [6.07, 6.45) is 0.930. The van der Waals surface area contributed by atoms with Crippen LogP contribution in [-0.4, -0.2) is 12.3 Å². The third-order valence-electron chi connectivity index (χ3n) is 4.24. The molecular formula is C20H25NO2S. The summed E-state index contributed by atoms with van der Waals surface area (Å²) in [5, 5.41) is 3.49. The van der Waals surface area contributed by atoms with Crippen molar-refractivity contribution >= 4 is 23.1 Å². The van der Waals surface area contributed by atoms with Gasteiger partial charge in [-0.05, 0) is 73.8 Å². The Labute approximate surface area is 150 Å². The van der Waals surface area contributed by atoms with Gasteiger partial charge in [0.15, 0.2) is 0 Å². The van der Waals surface area contributed by atoms with Gasteiger partial charge in [0, 0.05) is 11.3 Å². The predicted octanol–water partition coefficient (Wildman–Crippen LogP) is 5.10. The zero-order chi connectivity index (χ0) is 17.7. The Balaban J connectivity index is 2.28. The minimum atomic E-state index is 0.354. The minimum Gasteiger partial charge on any atom is -0.489 e. The molecule has 0 amide bonds. The van der Waals surface area contributed by atoms with Crippen LogP contribution in [0.15, 0.2) is 30.3 Å². The van der Waals surface area contributed by atoms with Crippen molar-refractivity contribution in [2.24, 2.45) is 0 Å². The number of nitrogens with one attached hydrogen (secondary N) is 1. The summed E-state index contributed by atoms with van der Waals surface area (Å²) in [5.74, 6) is 0.921. The van der Waals surface area contributed by atoms with Crippen molar-refractivity contribution in [1.82, 2.24) is 0 Å². The van der Waals surface area contributed by atoms with Crippen LogP contribution < -0.4 is 10.1 Å². The van der Waals surface area contributed by atoms with E-state index in [1.807, 2.05) is 12.1 Å². The third kappa shape index (κ3) is 4.26. The van der Waals surface area contributed by atoms with E-state index >= 15 is 0 Å². The molecule has 1 N–H and O–H groups in total. The van der Waals surface area contributed by atoms with E-state index < -0.39 is 0 Å². The number of ether oxygens (including phenoxy) is 2. The Bertz CT molecular complexity index is 741. The van der Waals surface area contributed by atoms with Gasteiger partial charge in [-0.3, -0.25) is 0 Å². The van der Waals surface area contributed by atoms with Crippen LogP contribution in [0, 0.1) is 20.8 Å². The third-order valence-corrected chi connectivity index (χ3v) is 4.51. The number of aryl methyl sites for hydroxylation is 4. The van der Waals surface area contributed by atoms with E-state index in [0.717, 1.165) is 29.0 Å². The Morgan fingerprint density at radius 3 is 2.46 bits per heavy atom. The maximum Gasteiger partial charge on any atom is 0.260 e. The van der Waals surface area contributed by atoms with Crippen molar-refractivity contribution in [2.45, 2.75) is 40.7 Å². The van der Waals surface area contributed by atoms with Crippen LogP contribution in [0.25, 0.3) is 0 Å². The van der Waals surface area contributed by atoms with E-state index in [-0.39, 0.29) is 0 Å². The molecule has 0 aliphatic rings. The molecular weight excluding hydrogens is 318 g/mol. The quantitative estimate of drug-likeness (QED) is 0.766. The lowest BCUT2D eigenvalue weighted by Crippen LogP contribution is -2.14. The molecule has 0 fully saturated rings. The first-order valence-electron chi connectivity index (χ1n) is 8.12. The molecule has 2 aromatic rings. The minimum absolute atomic E-state index is 0.354. The SMILES string of the molecule is CCc1cccc(NC(=S)OC)c1COc1cc(C)c(C)cc1C. The van der Waals surface area contributed by atoms with Gasteiger partial charge >= 0.3 is 0 Å². The van der Waals surface area contributed by atoms with Crippen LogP contribution in [0.2, 0.25) is 0 Å². The standard InChI is InChI=1S/C20H25NO2S/c1-6-16-8-7-9-18(21-20(24)22-5)17(16)12-23-19-11-14(3)13(2)10-15(19)4/h7-11H,6,12H2,1-5H3,(H,21,24). The number of methoxy groups -OCH3 is 1. The van der Waals surface area contributed by atoms with Crippen LogP contribution in [-0.2, 0) is 17.8 Å². The van der Waals surface area contributed by atoms with Gasteiger partial charge < -0.3 is 14.8 Å². The molecule has 0 atom stereocenters. The Morgan fingerprint density at radius 1 is 1.08 bits per heavy atom. The highest BCUT2D eigenvalue weighted by atomic mass is 32.1. The largest absolute Gasteiger partial charge is 0.489 e. The monoisotopic (exact) mass is 343 g/mol. The second kappa shape index (κ2) is 8.15. The van der Waals surface area contributed by atoms with Gasteiger partial charge in [0.1, 0.15) is 12.4 Å². The average Bonchev–Trinajstić information content (AvgIpc) is 2.57. The predicted molar refractivity (Wildman–Crippen MR) is 104 cm³/mol. The normalized spacial score (nSPS) is 10.4. The maximum absolute atomic E-state index is 6.13. The molecule has 0 bridgehead atoms. The van der Waals surface area contributed by atoms with Crippen LogP contribution in [0.1, 0.15) is 34.7 Å². The molecule has 0 spiro atoms. The van der Waals surface area contributed by atoms with Crippen molar-refractivity contribution < 1.29 is 9.47 Å². The molecule has 3 nitrogen and oxygen atoms in total. The molecule has 0 saturated carbocycles. The van der Waals surface area contributed by atoms with Crippen LogP contribution in [0.5, 0.6) is 5.75 Å². The van der Waals surface area contributed by atoms with E-state index in [1.165, 1.54) is 16.7 Å². The van der Waals surface area contributed by atoms with Gasteiger partial charge in [-0.2, -0.15) is 0 Å². The maximum atomic E-state index is 6.13. The smallest absolute Gasteiger partial charge is 0.260 e. The number of thiocarbonyl (C=S) groups is 1. The first kappa shape index (κ1) is 18.3. The van der Waals surface area contributed by atoms with Gasteiger partial charge in [-0.15, -0.1) is 0 Å². The Morgan fingerprint density at radius 2 is 1.79 bits per heavy atom. The van der Waals surface area contributed by atoms with Crippen LogP contribution >= 0.6 is 12.2 Å². The van der Waals surface area contributed by atoms with Gasteiger partial charge in [-0.1, -0.05) is 25.1 Å². The first-order valence-corrected chi connectivity index (χ1v) is 8.53. The molecule has 0 aromatic heterocycles. The molecule has 2 aromatic carbocycles. The van der Waals surface area contributed by atoms with E-state index in [0.29, 0.717) is 11.8 Å². The summed E-state index contributed by atoms with van der Waals surface area (Å²) >= 11 is 5.13. The van der Waals surface area contributed by atoms with Gasteiger partial charge in [0.25, 0.3) is 5.17 Å². The van der Waals surface area contributed by atoms with Gasteiger partial charge in [-0.25, -0.2) is 0 Å². The summed E-state index contributed by atoms with van der Waals surface area (Å²) in [4.78, 5) is 0. The lowest BCUT2D eigenvalue weighted by Gasteiger charge is -2.17. The van der Waals surface area contributed by atoms with Crippen molar-refractivity contribution in [2.75, 3.05) is 12.4 Å². The summed E-state index contributed by atoms with van der Waals surface area (Å²) in [7, 11) is 1.56. The van der Waals surface area contributed by atoms with E-state index in [9.17, 15) is 0 Å². The fraction of sp³-hybridized carbons (Fsp3) is 0.350. The van der Waals surface area contributed by atoms with E-state index in [4.69, 9.17) is 21.7 Å². The highest BCUT2D eigenvalue weighted by Crippen LogP contribution is 2.27. The average molecular weight is 343 g/mol. The van der Waals surface area contributed by atoms with Crippen molar-refractivity contribution in [3.8, 4) is 5.75 Å². The Kier molecular flexibility index (Phi) is 6.21. The fourth-order valence-corrected chi connectivity index (χ4v) is 2.76.